The van der Waals surface area contributed by atoms with Gasteiger partial charge in [0.05, 0.1) is 6.04 Å². The third-order valence-corrected chi connectivity index (χ3v) is 5.50. The Morgan fingerprint density at radius 1 is 1.25 bits per heavy atom. The van der Waals surface area contributed by atoms with Crippen molar-refractivity contribution in [3.8, 4) is 0 Å². The lowest BCUT2D eigenvalue weighted by Crippen LogP contribution is -2.42. The first-order valence-electron chi connectivity index (χ1n) is 10.5. The molecule has 2 atom stereocenters. The van der Waals surface area contributed by atoms with Crippen LogP contribution in [0.2, 0.25) is 0 Å². The van der Waals surface area contributed by atoms with Gasteiger partial charge in [-0.1, -0.05) is 44.2 Å². The summed E-state index contributed by atoms with van der Waals surface area (Å²) in [7, 11) is 3.54. The number of hydrogen-bond donors (Lipinski definition) is 1. The van der Waals surface area contributed by atoms with Gasteiger partial charge in [-0.3, -0.25) is 4.79 Å². The van der Waals surface area contributed by atoms with Crippen molar-refractivity contribution >= 4 is 11.9 Å². The fraction of sp³-hybridized carbons (Fsp3) is 0.636. The average Bonchev–Trinajstić information content (AvgIpc) is 3.17. The van der Waals surface area contributed by atoms with Gasteiger partial charge in [-0.25, -0.2) is 4.99 Å². The smallest absolute Gasteiger partial charge is 0.243 e. The Hall–Kier alpha value is -2.08. The first-order valence-corrected chi connectivity index (χ1v) is 10.5. The lowest BCUT2D eigenvalue weighted by molar-refractivity contribution is -0.127. The summed E-state index contributed by atoms with van der Waals surface area (Å²) in [4.78, 5) is 23.1. The van der Waals surface area contributed by atoms with Gasteiger partial charge in [-0.15, -0.1) is 0 Å². The number of likely N-dealkylation sites (N-methyl/N-ethyl adjacent to an activating group) is 1. The number of carbonyl (C=O) groups is 1. The first-order chi connectivity index (χ1) is 13.4. The molecule has 2 unspecified atom stereocenters. The molecule has 0 saturated carbocycles. The van der Waals surface area contributed by atoms with Crippen LogP contribution in [0.4, 0.5) is 0 Å². The van der Waals surface area contributed by atoms with Crippen LogP contribution < -0.4 is 5.32 Å². The van der Waals surface area contributed by atoms with Crippen molar-refractivity contribution in [2.45, 2.75) is 33.2 Å². The minimum Gasteiger partial charge on any atom is -0.350 e. The summed E-state index contributed by atoms with van der Waals surface area (Å²) >= 11 is 0. The van der Waals surface area contributed by atoms with Crippen molar-refractivity contribution in [1.82, 2.24) is 20.0 Å². The lowest BCUT2D eigenvalue weighted by Gasteiger charge is -2.27. The van der Waals surface area contributed by atoms with Crippen LogP contribution >= 0.6 is 0 Å². The minimum absolute atomic E-state index is 0.0190. The number of hydrogen-bond acceptors (Lipinski definition) is 3. The number of amides is 1. The van der Waals surface area contributed by atoms with E-state index in [0.717, 1.165) is 38.7 Å². The number of nitrogens with one attached hydrogen (secondary N) is 1. The molecule has 0 radical (unpaired) electrons. The molecule has 0 bridgehead atoms. The van der Waals surface area contributed by atoms with Crippen molar-refractivity contribution in [2.75, 3.05) is 53.4 Å². The number of likely N-dealkylation sites (tertiary alicyclic amines) is 1. The quantitative estimate of drug-likeness (QED) is 0.550. The normalized spacial score (nSPS) is 18.4. The molecule has 1 aliphatic rings. The van der Waals surface area contributed by atoms with Crippen molar-refractivity contribution in [1.29, 1.82) is 0 Å². The molecule has 1 aromatic carbocycles. The van der Waals surface area contributed by atoms with Crippen LogP contribution in [0, 0.1) is 5.92 Å². The van der Waals surface area contributed by atoms with Crippen molar-refractivity contribution in [3.05, 3.63) is 35.9 Å². The molecular weight excluding hydrogens is 350 g/mol. The number of aliphatic imine (C=N–C) groups is 1. The van der Waals surface area contributed by atoms with Crippen LogP contribution in [0.5, 0.6) is 0 Å². The number of carbonyl (C=O) groups excluding carboxylic acids is 1. The maximum atomic E-state index is 12.1. The van der Waals surface area contributed by atoms with Gasteiger partial charge in [0.2, 0.25) is 5.91 Å². The SMILES string of the molecule is CCN(CC)CC1CCN(C(=NCC(=O)N(C)C)NC(C)c2ccccc2)C1. The summed E-state index contributed by atoms with van der Waals surface area (Å²) < 4.78 is 0. The van der Waals surface area contributed by atoms with Crippen LogP contribution in [-0.4, -0.2) is 79.9 Å². The Balaban J connectivity index is 2.08. The Morgan fingerprint density at radius 3 is 2.54 bits per heavy atom. The third kappa shape index (κ3) is 6.51. The van der Waals surface area contributed by atoms with Crippen LogP contribution in [0.25, 0.3) is 0 Å². The summed E-state index contributed by atoms with van der Waals surface area (Å²) in [5, 5.41) is 3.56. The van der Waals surface area contributed by atoms with Crippen LogP contribution in [0.1, 0.15) is 38.8 Å². The number of rotatable bonds is 8. The second-order valence-corrected chi connectivity index (χ2v) is 7.79. The van der Waals surface area contributed by atoms with Crippen molar-refractivity contribution in [2.24, 2.45) is 10.9 Å². The summed E-state index contributed by atoms with van der Waals surface area (Å²) in [5.74, 6) is 1.50. The molecule has 1 aliphatic heterocycles. The highest BCUT2D eigenvalue weighted by Gasteiger charge is 2.27. The zero-order valence-corrected chi connectivity index (χ0v) is 18.2. The van der Waals surface area contributed by atoms with Gasteiger partial charge in [0.1, 0.15) is 6.54 Å². The molecule has 1 heterocycles. The average molecular weight is 388 g/mol. The fourth-order valence-corrected chi connectivity index (χ4v) is 3.56. The Labute approximate surface area is 170 Å². The molecule has 6 heteroatoms. The minimum atomic E-state index is 0.0190. The fourth-order valence-electron chi connectivity index (χ4n) is 3.56. The highest BCUT2D eigenvalue weighted by atomic mass is 16.2. The van der Waals surface area contributed by atoms with E-state index in [1.807, 2.05) is 6.07 Å². The second-order valence-electron chi connectivity index (χ2n) is 7.79. The molecule has 156 valence electrons. The van der Waals surface area contributed by atoms with E-state index in [0.29, 0.717) is 5.92 Å². The zero-order chi connectivity index (χ0) is 20.5. The van der Waals surface area contributed by atoms with Crippen molar-refractivity contribution in [3.63, 3.8) is 0 Å². The maximum Gasteiger partial charge on any atom is 0.243 e. The van der Waals surface area contributed by atoms with Crippen LogP contribution in [0.3, 0.4) is 0 Å². The second kappa shape index (κ2) is 11.1. The van der Waals surface area contributed by atoms with E-state index in [1.165, 1.54) is 12.0 Å². The standard InChI is InChI=1S/C22H37N5O/c1-6-26(7-2)16-19-13-14-27(17-19)22(23-15-21(28)25(4)5)24-18(3)20-11-9-8-10-12-20/h8-12,18-19H,6-7,13-17H2,1-5H3,(H,23,24). The van der Waals surface area contributed by atoms with E-state index in [1.54, 1.807) is 19.0 Å². The summed E-state index contributed by atoms with van der Waals surface area (Å²) in [6, 6.07) is 10.5. The molecule has 1 saturated heterocycles. The molecule has 1 fully saturated rings. The Bertz CT molecular complexity index is 627. The van der Waals surface area contributed by atoms with E-state index < -0.39 is 0 Å². The summed E-state index contributed by atoms with van der Waals surface area (Å²) in [5.41, 5.74) is 1.22. The molecule has 1 aromatic rings. The van der Waals surface area contributed by atoms with E-state index in [-0.39, 0.29) is 18.5 Å². The summed E-state index contributed by atoms with van der Waals surface area (Å²) in [6.45, 7) is 12.0. The zero-order valence-electron chi connectivity index (χ0n) is 18.2. The summed E-state index contributed by atoms with van der Waals surface area (Å²) in [6.07, 6.45) is 1.17. The first kappa shape index (κ1) is 22.2. The topological polar surface area (TPSA) is 51.2 Å². The highest BCUT2D eigenvalue weighted by Crippen LogP contribution is 2.19. The van der Waals surface area contributed by atoms with Crippen LogP contribution in [-0.2, 0) is 4.79 Å². The van der Waals surface area contributed by atoms with Gasteiger partial charge in [0.25, 0.3) is 0 Å². The largest absolute Gasteiger partial charge is 0.350 e. The van der Waals surface area contributed by atoms with Gasteiger partial charge >= 0.3 is 0 Å². The van der Waals surface area contributed by atoms with E-state index in [9.17, 15) is 4.79 Å². The van der Waals surface area contributed by atoms with E-state index >= 15 is 0 Å². The number of nitrogens with zero attached hydrogens (tertiary/aromatic N) is 4. The van der Waals surface area contributed by atoms with E-state index in [4.69, 9.17) is 0 Å². The predicted octanol–water partition coefficient (Wildman–Crippen LogP) is 2.45. The molecule has 6 nitrogen and oxygen atoms in total. The van der Waals surface area contributed by atoms with Crippen molar-refractivity contribution < 1.29 is 4.79 Å². The molecule has 0 aliphatic carbocycles. The third-order valence-electron chi connectivity index (χ3n) is 5.50. The molecule has 0 aromatic heterocycles. The number of benzene rings is 1. The monoisotopic (exact) mass is 387 g/mol. The molecule has 2 rings (SSSR count). The molecule has 1 amide bonds. The highest BCUT2D eigenvalue weighted by molar-refractivity contribution is 5.85. The van der Waals surface area contributed by atoms with Gasteiger partial charge < -0.3 is 20.0 Å². The van der Waals surface area contributed by atoms with Gasteiger partial charge in [-0.05, 0) is 37.9 Å². The molecule has 28 heavy (non-hydrogen) atoms. The van der Waals surface area contributed by atoms with Crippen LogP contribution in [0.15, 0.2) is 35.3 Å². The lowest BCUT2D eigenvalue weighted by atomic mass is 10.1. The predicted molar refractivity (Wildman–Crippen MR) is 116 cm³/mol. The Morgan fingerprint density at radius 2 is 1.93 bits per heavy atom. The maximum absolute atomic E-state index is 12.1. The Kier molecular flexibility index (Phi) is 8.77. The van der Waals surface area contributed by atoms with Gasteiger partial charge in [-0.2, -0.15) is 0 Å². The molecular formula is C22H37N5O. The molecule has 1 N–H and O–H groups in total. The van der Waals surface area contributed by atoms with Gasteiger partial charge in [0.15, 0.2) is 5.96 Å². The number of guanidine groups is 1. The molecule has 0 spiro atoms. The van der Waals surface area contributed by atoms with Gasteiger partial charge in [0, 0.05) is 33.7 Å². The van der Waals surface area contributed by atoms with E-state index in [2.05, 4.69) is 65.1 Å².